The van der Waals surface area contributed by atoms with Crippen LogP contribution in [0.3, 0.4) is 0 Å². The van der Waals surface area contributed by atoms with Gasteiger partial charge in [0.05, 0.1) is 0 Å². The Balaban J connectivity index is 1.07. The molecular formula is C52H41NS. The molecule has 1 nitrogen and oxygen atoms in total. The van der Waals surface area contributed by atoms with Crippen LogP contribution in [-0.4, -0.2) is 0 Å². The number of anilines is 3. The van der Waals surface area contributed by atoms with Gasteiger partial charge in [0.1, 0.15) is 0 Å². The maximum atomic E-state index is 2.46. The Kier molecular flexibility index (Phi) is 6.71. The van der Waals surface area contributed by atoms with Gasteiger partial charge in [0.2, 0.25) is 0 Å². The zero-order valence-electron chi connectivity index (χ0n) is 31.2. The van der Waals surface area contributed by atoms with Crippen molar-refractivity contribution in [3.63, 3.8) is 0 Å². The summed E-state index contributed by atoms with van der Waals surface area (Å²) in [5.41, 5.74) is 19.8. The zero-order valence-corrected chi connectivity index (χ0v) is 32.0. The van der Waals surface area contributed by atoms with Crippen molar-refractivity contribution < 1.29 is 0 Å². The smallest absolute Gasteiger partial charge is 0.0468 e. The van der Waals surface area contributed by atoms with Gasteiger partial charge in [-0.3, -0.25) is 0 Å². The summed E-state index contributed by atoms with van der Waals surface area (Å²) < 4.78 is 2.73. The molecule has 11 rings (SSSR count). The molecule has 2 heteroatoms. The molecular weight excluding hydrogens is 671 g/mol. The SMILES string of the molecule is CC1(C)c2ccccc2-c2cc(N(c3ccc(-c4cccc5c4sc4ccc6c(c45)C=CCC6)cc3)c3ccc4c(c3)-c3ccccc3C4(C)C)ccc21. The van der Waals surface area contributed by atoms with Crippen molar-refractivity contribution >= 4 is 54.6 Å². The van der Waals surface area contributed by atoms with Gasteiger partial charge in [-0.2, -0.15) is 0 Å². The number of benzene rings is 7. The molecule has 3 aliphatic carbocycles. The molecule has 0 spiro atoms. The summed E-state index contributed by atoms with van der Waals surface area (Å²) >= 11 is 1.93. The highest BCUT2D eigenvalue weighted by Gasteiger charge is 2.37. The van der Waals surface area contributed by atoms with Crippen LogP contribution in [0.15, 0.2) is 146 Å². The van der Waals surface area contributed by atoms with Crippen LogP contribution >= 0.6 is 11.3 Å². The zero-order chi connectivity index (χ0) is 36.3. The van der Waals surface area contributed by atoms with E-state index in [2.05, 4.69) is 184 Å². The lowest BCUT2D eigenvalue weighted by molar-refractivity contribution is 0.660. The fraction of sp³-hybridized carbons (Fsp3) is 0.154. The van der Waals surface area contributed by atoms with E-state index in [0.29, 0.717) is 0 Å². The molecule has 7 aromatic carbocycles. The summed E-state index contributed by atoms with van der Waals surface area (Å²) in [6.07, 6.45) is 6.93. The predicted molar refractivity (Wildman–Crippen MR) is 232 cm³/mol. The molecule has 0 aliphatic heterocycles. The Morgan fingerprint density at radius 2 is 1.09 bits per heavy atom. The number of nitrogens with zero attached hydrogens (tertiary/aromatic N) is 1. The van der Waals surface area contributed by atoms with Crippen LogP contribution in [-0.2, 0) is 17.3 Å². The van der Waals surface area contributed by atoms with E-state index >= 15 is 0 Å². The van der Waals surface area contributed by atoms with E-state index in [4.69, 9.17) is 0 Å². The maximum absolute atomic E-state index is 2.46. The molecule has 1 heterocycles. The van der Waals surface area contributed by atoms with E-state index in [-0.39, 0.29) is 10.8 Å². The molecule has 0 saturated carbocycles. The minimum absolute atomic E-state index is 0.0387. The van der Waals surface area contributed by atoms with Crippen LogP contribution in [0.1, 0.15) is 67.5 Å². The van der Waals surface area contributed by atoms with Crippen molar-refractivity contribution in [2.24, 2.45) is 0 Å². The third-order valence-corrected chi connectivity index (χ3v) is 13.9. The molecule has 8 aromatic rings. The first-order chi connectivity index (χ1) is 26.3. The van der Waals surface area contributed by atoms with Gasteiger partial charge in [-0.25, -0.2) is 0 Å². The van der Waals surface area contributed by atoms with Crippen molar-refractivity contribution in [1.82, 2.24) is 0 Å². The average Bonchev–Trinajstić information content (AvgIpc) is 3.78. The number of hydrogen-bond donors (Lipinski definition) is 0. The summed E-state index contributed by atoms with van der Waals surface area (Å²) in [7, 11) is 0. The molecule has 0 N–H and O–H groups in total. The normalized spacial score (nSPS) is 15.5. The first kappa shape index (κ1) is 31.8. The minimum Gasteiger partial charge on any atom is -0.310 e. The number of aryl methyl sites for hydroxylation is 1. The molecule has 0 unspecified atom stereocenters. The number of thiophene rings is 1. The Bertz CT molecular complexity index is 2770. The van der Waals surface area contributed by atoms with Crippen molar-refractivity contribution in [2.45, 2.75) is 51.4 Å². The third-order valence-electron chi connectivity index (χ3n) is 12.7. The van der Waals surface area contributed by atoms with Crippen molar-refractivity contribution in [3.05, 3.63) is 179 Å². The van der Waals surface area contributed by atoms with Crippen LogP contribution in [0, 0.1) is 0 Å². The van der Waals surface area contributed by atoms with Gasteiger partial charge in [-0.15, -0.1) is 11.3 Å². The van der Waals surface area contributed by atoms with Crippen LogP contribution in [0.25, 0.3) is 59.6 Å². The lowest BCUT2D eigenvalue weighted by Crippen LogP contribution is -2.16. The Morgan fingerprint density at radius 1 is 0.519 bits per heavy atom. The van der Waals surface area contributed by atoms with Crippen LogP contribution in [0.5, 0.6) is 0 Å². The summed E-state index contributed by atoms with van der Waals surface area (Å²) in [6.45, 7) is 9.43. The van der Waals surface area contributed by atoms with Gasteiger partial charge in [-0.05, 0) is 122 Å². The van der Waals surface area contributed by atoms with Gasteiger partial charge in [0, 0.05) is 48.1 Å². The summed E-state index contributed by atoms with van der Waals surface area (Å²) in [5, 5.41) is 2.78. The lowest BCUT2D eigenvalue weighted by Gasteiger charge is -2.28. The highest BCUT2D eigenvalue weighted by atomic mass is 32.1. The molecule has 3 aliphatic rings. The number of allylic oxidation sites excluding steroid dienone is 1. The van der Waals surface area contributed by atoms with Gasteiger partial charge in [-0.1, -0.05) is 137 Å². The highest BCUT2D eigenvalue weighted by molar-refractivity contribution is 7.26. The molecule has 0 amide bonds. The molecule has 0 radical (unpaired) electrons. The van der Waals surface area contributed by atoms with E-state index in [1.54, 1.807) is 0 Å². The predicted octanol–water partition coefficient (Wildman–Crippen LogP) is 14.8. The van der Waals surface area contributed by atoms with Crippen molar-refractivity contribution in [2.75, 3.05) is 4.90 Å². The largest absolute Gasteiger partial charge is 0.310 e. The lowest BCUT2D eigenvalue weighted by atomic mass is 9.82. The molecule has 1 aromatic heterocycles. The Hall–Kier alpha value is -5.70. The quantitative estimate of drug-likeness (QED) is 0.176. The fourth-order valence-electron chi connectivity index (χ4n) is 9.97. The average molecular weight is 712 g/mol. The molecule has 260 valence electrons. The minimum atomic E-state index is -0.0387. The van der Waals surface area contributed by atoms with Crippen molar-refractivity contribution in [1.29, 1.82) is 0 Å². The summed E-state index contributed by atoms with van der Waals surface area (Å²) in [5.74, 6) is 0. The third kappa shape index (κ3) is 4.44. The topological polar surface area (TPSA) is 3.24 Å². The molecule has 54 heavy (non-hydrogen) atoms. The Morgan fingerprint density at radius 3 is 1.74 bits per heavy atom. The second kappa shape index (κ2) is 11.4. The van der Waals surface area contributed by atoms with E-state index in [1.807, 2.05) is 11.3 Å². The maximum Gasteiger partial charge on any atom is 0.0468 e. The van der Waals surface area contributed by atoms with Gasteiger partial charge < -0.3 is 4.90 Å². The monoisotopic (exact) mass is 711 g/mol. The second-order valence-corrected chi connectivity index (χ2v) is 17.5. The molecule has 0 bridgehead atoms. The van der Waals surface area contributed by atoms with E-state index in [9.17, 15) is 0 Å². The number of rotatable bonds is 4. The second-order valence-electron chi connectivity index (χ2n) is 16.4. The summed E-state index contributed by atoms with van der Waals surface area (Å²) in [4.78, 5) is 2.46. The first-order valence-corrected chi connectivity index (χ1v) is 20.1. The molecule has 0 saturated heterocycles. The van der Waals surface area contributed by atoms with Gasteiger partial charge >= 0.3 is 0 Å². The van der Waals surface area contributed by atoms with Crippen LogP contribution < -0.4 is 4.90 Å². The fourth-order valence-corrected chi connectivity index (χ4v) is 11.2. The highest BCUT2D eigenvalue weighted by Crippen LogP contribution is 2.53. The van der Waals surface area contributed by atoms with Gasteiger partial charge in [0.15, 0.2) is 0 Å². The van der Waals surface area contributed by atoms with Crippen LogP contribution in [0.2, 0.25) is 0 Å². The number of fused-ring (bicyclic) bond motifs is 11. The Labute approximate surface area is 321 Å². The first-order valence-electron chi connectivity index (χ1n) is 19.3. The van der Waals surface area contributed by atoms with Crippen molar-refractivity contribution in [3.8, 4) is 33.4 Å². The van der Waals surface area contributed by atoms with E-state index in [0.717, 1.165) is 18.5 Å². The molecule has 0 atom stereocenters. The summed E-state index contributed by atoms with van der Waals surface area (Å²) in [6, 6.07) is 53.0. The standard InChI is InChI=1S/C52H41NS/c1-51(2)44-18-9-7-14-39(44)42-30-35(25-27-46(42)51)53(36-26-28-47-43(31-36)40-15-8-10-19-45(40)52(47,3)4)34-23-20-33(21-24-34)38-16-11-17-41-49-37-13-6-5-12-32(37)22-29-48(49)54-50(38)41/h6-11,13-31H,5,12H2,1-4H3. The van der Waals surface area contributed by atoms with E-state index in [1.165, 1.54) is 98.3 Å². The molecule has 0 fully saturated rings. The van der Waals surface area contributed by atoms with E-state index < -0.39 is 0 Å². The van der Waals surface area contributed by atoms with Gasteiger partial charge in [0.25, 0.3) is 0 Å². The van der Waals surface area contributed by atoms with Crippen LogP contribution in [0.4, 0.5) is 17.1 Å². The number of hydrogen-bond acceptors (Lipinski definition) is 2.